The van der Waals surface area contributed by atoms with Crippen molar-refractivity contribution in [3.05, 3.63) is 23.7 Å². The fraction of sp³-hybridized carbons (Fsp3) is 0.636. The minimum absolute atomic E-state index is 0.000298. The number of alkyl halides is 4. The molecule has 0 saturated carbocycles. The molecule has 7 heteroatoms. The molecule has 2 rings (SSSR count). The Labute approximate surface area is 102 Å². The van der Waals surface area contributed by atoms with E-state index in [1.165, 1.54) is 6.08 Å². The van der Waals surface area contributed by atoms with Gasteiger partial charge in [-0.05, 0) is 24.5 Å². The van der Waals surface area contributed by atoms with Gasteiger partial charge in [-0.1, -0.05) is 6.92 Å². The summed E-state index contributed by atoms with van der Waals surface area (Å²) in [6, 6.07) is 0. The smallest absolute Gasteiger partial charge is 0.354 e. The lowest BCUT2D eigenvalue weighted by Gasteiger charge is -2.37. The van der Waals surface area contributed by atoms with Crippen molar-refractivity contribution in [2.24, 2.45) is 5.92 Å². The van der Waals surface area contributed by atoms with Crippen LogP contribution >= 0.6 is 0 Å². The van der Waals surface area contributed by atoms with Crippen LogP contribution in [0.2, 0.25) is 0 Å². The first-order chi connectivity index (χ1) is 8.38. The van der Waals surface area contributed by atoms with Crippen molar-refractivity contribution in [2.45, 2.75) is 25.7 Å². The zero-order valence-electron chi connectivity index (χ0n) is 9.89. The van der Waals surface area contributed by atoms with Crippen LogP contribution < -0.4 is 10.9 Å². The second-order valence-corrected chi connectivity index (χ2v) is 4.61. The molecule has 0 radical (unpaired) electrons. The summed E-state index contributed by atoms with van der Waals surface area (Å²) < 4.78 is 50.6. The SMILES string of the molecule is C[C@@H]1CCN(C2=CC=C(C(F)(F)F)NN2)C[C@@H]1F. The predicted molar refractivity (Wildman–Crippen MR) is 58.7 cm³/mol. The van der Waals surface area contributed by atoms with Crippen LogP contribution in [0.25, 0.3) is 0 Å². The lowest BCUT2D eigenvalue weighted by molar-refractivity contribution is -0.0984. The number of hydrazine groups is 1. The Morgan fingerprint density at radius 3 is 2.50 bits per heavy atom. The average Bonchev–Trinajstić information content (AvgIpc) is 2.32. The van der Waals surface area contributed by atoms with E-state index in [9.17, 15) is 17.6 Å². The van der Waals surface area contributed by atoms with Crippen LogP contribution in [-0.4, -0.2) is 30.3 Å². The normalized spacial score (nSPS) is 29.1. The van der Waals surface area contributed by atoms with Crippen LogP contribution in [0.1, 0.15) is 13.3 Å². The molecule has 0 amide bonds. The fourth-order valence-corrected chi connectivity index (χ4v) is 1.97. The van der Waals surface area contributed by atoms with Crippen molar-refractivity contribution in [2.75, 3.05) is 13.1 Å². The molecular weight excluding hydrogens is 250 g/mol. The third kappa shape index (κ3) is 2.70. The number of piperidine rings is 1. The van der Waals surface area contributed by atoms with Crippen molar-refractivity contribution in [1.29, 1.82) is 0 Å². The van der Waals surface area contributed by atoms with Gasteiger partial charge in [-0.3, -0.25) is 10.9 Å². The minimum atomic E-state index is -4.41. The van der Waals surface area contributed by atoms with Crippen LogP contribution in [0.15, 0.2) is 23.7 Å². The van der Waals surface area contributed by atoms with Crippen molar-refractivity contribution < 1.29 is 17.6 Å². The Bertz CT molecular complexity index is 375. The molecule has 0 aromatic rings. The first-order valence-electron chi connectivity index (χ1n) is 5.78. The van der Waals surface area contributed by atoms with Crippen LogP contribution in [0.5, 0.6) is 0 Å². The van der Waals surface area contributed by atoms with Gasteiger partial charge in [0, 0.05) is 6.54 Å². The average molecular weight is 265 g/mol. The van der Waals surface area contributed by atoms with Gasteiger partial charge in [-0.15, -0.1) is 0 Å². The summed E-state index contributed by atoms with van der Waals surface area (Å²) in [5.74, 6) is 0.470. The molecule has 2 aliphatic heterocycles. The van der Waals surface area contributed by atoms with Crippen molar-refractivity contribution in [3.63, 3.8) is 0 Å². The number of nitrogens with zero attached hydrogens (tertiary/aromatic N) is 1. The van der Waals surface area contributed by atoms with Gasteiger partial charge in [0.1, 0.15) is 17.7 Å². The highest BCUT2D eigenvalue weighted by Gasteiger charge is 2.35. The number of halogens is 4. The Hall–Kier alpha value is -1.40. The first kappa shape index (κ1) is 13.0. The standard InChI is InChI=1S/C11H15F4N3/c1-7-4-5-18(6-8(7)12)10-3-2-9(16-17-10)11(13,14)15/h2-3,7-8,16-17H,4-6H2,1H3/t7-,8+/m1/s1. The molecule has 102 valence electrons. The van der Waals surface area contributed by atoms with E-state index in [0.29, 0.717) is 18.8 Å². The number of rotatable bonds is 1. The fourth-order valence-electron chi connectivity index (χ4n) is 1.97. The van der Waals surface area contributed by atoms with E-state index < -0.39 is 18.0 Å². The van der Waals surface area contributed by atoms with Crippen molar-refractivity contribution >= 4 is 0 Å². The van der Waals surface area contributed by atoms with Gasteiger partial charge in [0.05, 0.1) is 6.54 Å². The highest BCUT2D eigenvalue weighted by molar-refractivity contribution is 5.23. The third-order valence-electron chi connectivity index (χ3n) is 3.25. The van der Waals surface area contributed by atoms with Crippen LogP contribution in [0.4, 0.5) is 17.6 Å². The number of allylic oxidation sites excluding steroid dienone is 3. The van der Waals surface area contributed by atoms with E-state index in [0.717, 1.165) is 6.08 Å². The Morgan fingerprint density at radius 2 is 2.00 bits per heavy atom. The molecule has 0 bridgehead atoms. The lowest BCUT2D eigenvalue weighted by atomic mass is 9.97. The van der Waals surface area contributed by atoms with Crippen molar-refractivity contribution in [1.82, 2.24) is 15.8 Å². The zero-order chi connectivity index (χ0) is 13.3. The summed E-state index contributed by atoms with van der Waals surface area (Å²) in [4.78, 5) is 1.71. The molecule has 0 aromatic carbocycles. The summed E-state index contributed by atoms with van der Waals surface area (Å²) in [6.07, 6.45) is -2.39. The second-order valence-electron chi connectivity index (χ2n) is 4.61. The Morgan fingerprint density at radius 1 is 1.28 bits per heavy atom. The molecule has 0 unspecified atom stereocenters. The van der Waals surface area contributed by atoms with E-state index in [4.69, 9.17) is 0 Å². The van der Waals surface area contributed by atoms with Crippen LogP contribution in [-0.2, 0) is 0 Å². The van der Waals surface area contributed by atoms with E-state index in [1.807, 2.05) is 6.92 Å². The van der Waals surface area contributed by atoms with E-state index in [-0.39, 0.29) is 12.5 Å². The molecule has 0 aromatic heterocycles. The Kier molecular flexibility index (Phi) is 3.41. The number of nitrogens with one attached hydrogen (secondary N) is 2. The number of hydrogen-bond acceptors (Lipinski definition) is 3. The lowest BCUT2D eigenvalue weighted by Crippen LogP contribution is -2.48. The third-order valence-corrected chi connectivity index (χ3v) is 3.25. The molecule has 2 atom stereocenters. The molecule has 2 heterocycles. The molecule has 2 N–H and O–H groups in total. The predicted octanol–water partition coefficient (Wildman–Crippen LogP) is 2.06. The quantitative estimate of drug-likeness (QED) is 0.711. The van der Waals surface area contributed by atoms with Crippen LogP contribution in [0, 0.1) is 5.92 Å². The summed E-state index contributed by atoms with van der Waals surface area (Å²) in [5, 5.41) is 0. The first-order valence-corrected chi connectivity index (χ1v) is 5.78. The molecule has 3 nitrogen and oxygen atoms in total. The van der Waals surface area contributed by atoms with Crippen LogP contribution in [0.3, 0.4) is 0 Å². The summed E-state index contributed by atoms with van der Waals surface area (Å²) >= 11 is 0. The molecule has 1 saturated heterocycles. The molecule has 1 fully saturated rings. The topological polar surface area (TPSA) is 27.3 Å². The molecule has 18 heavy (non-hydrogen) atoms. The molecule has 0 aliphatic carbocycles. The van der Waals surface area contributed by atoms with Gasteiger partial charge in [-0.2, -0.15) is 13.2 Å². The van der Waals surface area contributed by atoms with E-state index in [2.05, 4.69) is 10.9 Å². The molecular formula is C11H15F4N3. The number of likely N-dealkylation sites (tertiary alicyclic amines) is 1. The van der Waals surface area contributed by atoms with Gasteiger partial charge in [0.25, 0.3) is 0 Å². The molecule has 2 aliphatic rings. The zero-order valence-corrected chi connectivity index (χ0v) is 9.89. The van der Waals surface area contributed by atoms with Crippen molar-refractivity contribution in [3.8, 4) is 0 Å². The summed E-state index contributed by atoms with van der Waals surface area (Å²) in [5.41, 5.74) is 3.70. The maximum absolute atomic E-state index is 13.5. The van der Waals surface area contributed by atoms with E-state index >= 15 is 0 Å². The van der Waals surface area contributed by atoms with Gasteiger partial charge in [0.15, 0.2) is 0 Å². The van der Waals surface area contributed by atoms with Gasteiger partial charge in [-0.25, -0.2) is 4.39 Å². The monoisotopic (exact) mass is 265 g/mol. The molecule has 0 spiro atoms. The van der Waals surface area contributed by atoms with Gasteiger partial charge >= 0.3 is 6.18 Å². The van der Waals surface area contributed by atoms with E-state index in [1.54, 1.807) is 4.90 Å². The maximum Gasteiger partial charge on any atom is 0.432 e. The van der Waals surface area contributed by atoms with Gasteiger partial charge in [0.2, 0.25) is 0 Å². The highest BCUT2D eigenvalue weighted by atomic mass is 19.4. The number of hydrogen-bond donors (Lipinski definition) is 2. The minimum Gasteiger partial charge on any atom is -0.354 e. The van der Waals surface area contributed by atoms with Gasteiger partial charge < -0.3 is 4.90 Å². The Balaban J connectivity index is 2.04. The second kappa shape index (κ2) is 4.70. The summed E-state index contributed by atoms with van der Waals surface area (Å²) in [6.45, 7) is 2.68. The largest absolute Gasteiger partial charge is 0.432 e. The summed E-state index contributed by atoms with van der Waals surface area (Å²) in [7, 11) is 0. The highest BCUT2D eigenvalue weighted by Crippen LogP contribution is 2.26. The maximum atomic E-state index is 13.5.